The fourth-order valence-electron chi connectivity index (χ4n) is 4.22. The van der Waals surface area contributed by atoms with Gasteiger partial charge in [0.2, 0.25) is 0 Å². The normalized spacial score (nSPS) is 10.7. The highest BCUT2D eigenvalue weighted by molar-refractivity contribution is 5.93. The third-order valence-corrected chi connectivity index (χ3v) is 6.02. The first-order chi connectivity index (χ1) is 16.2. The molecule has 0 aromatic heterocycles. The number of nitrogens with one attached hydrogen (secondary N) is 1. The minimum absolute atomic E-state index is 1.08. The van der Waals surface area contributed by atoms with E-state index in [0.29, 0.717) is 0 Å². The molecule has 5 aromatic carbocycles. The van der Waals surface area contributed by atoms with Gasteiger partial charge in [-0.25, -0.2) is 0 Å². The lowest BCUT2D eigenvalue weighted by atomic mass is 9.88. The topological polar surface area (TPSA) is 12.0 Å². The zero-order chi connectivity index (χ0) is 22.6. The summed E-state index contributed by atoms with van der Waals surface area (Å²) >= 11 is 0. The number of rotatable bonds is 5. The monoisotopic (exact) mass is 425 g/mol. The predicted molar refractivity (Wildman–Crippen MR) is 142 cm³/mol. The van der Waals surface area contributed by atoms with Crippen molar-refractivity contribution in [2.45, 2.75) is 13.8 Å². The van der Waals surface area contributed by atoms with E-state index in [-0.39, 0.29) is 0 Å². The molecule has 0 heterocycles. The number of hydrogen-bond donors (Lipinski definition) is 1. The van der Waals surface area contributed by atoms with E-state index < -0.39 is 0 Å². The van der Waals surface area contributed by atoms with Crippen LogP contribution in [0.3, 0.4) is 0 Å². The molecule has 1 N–H and O–H groups in total. The molecule has 0 fully saturated rings. The lowest BCUT2D eigenvalue weighted by Crippen LogP contribution is -1.94. The molecule has 0 aliphatic rings. The van der Waals surface area contributed by atoms with Crippen LogP contribution in [0.5, 0.6) is 0 Å². The van der Waals surface area contributed by atoms with Crippen LogP contribution in [0.25, 0.3) is 33.4 Å². The molecule has 0 bridgehead atoms. The van der Waals surface area contributed by atoms with Crippen molar-refractivity contribution >= 4 is 11.4 Å². The predicted octanol–water partition coefficient (Wildman–Crippen LogP) is 9.05. The van der Waals surface area contributed by atoms with E-state index in [4.69, 9.17) is 0 Å². The maximum absolute atomic E-state index is 3.56. The Morgan fingerprint density at radius 3 is 1.55 bits per heavy atom. The molecule has 1 heteroatoms. The third-order valence-electron chi connectivity index (χ3n) is 6.02. The standard InChI is InChI=1S/C32H27N/c1-23-12-16-25(17-13-23)29-10-6-7-11-30(29)31-21-20-28(33-27-8-4-3-5-9-27)22-32(31)26-18-14-24(2)15-19-26/h3-22,33H,1-2H3. The zero-order valence-corrected chi connectivity index (χ0v) is 19.0. The van der Waals surface area contributed by atoms with Crippen molar-refractivity contribution < 1.29 is 0 Å². The molecule has 1 nitrogen and oxygen atoms in total. The van der Waals surface area contributed by atoms with Crippen molar-refractivity contribution in [1.82, 2.24) is 0 Å². The Kier molecular flexibility index (Phi) is 5.78. The lowest BCUT2D eigenvalue weighted by molar-refractivity contribution is 1.46. The van der Waals surface area contributed by atoms with Crippen molar-refractivity contribution in [2.24, 2.45) is 0 Å². The Hall–Kier alpha value is -4.10. The van der Waals surface area contributed by atoms with Gasteiger partial charge < -0.3 is 5.32 Å². The van der Waals surface area contributed by atoms with Crippen LogP contribution in [0.4, 0.5) is 11.4 Å². The van der Waals surface area contributed by atoms with Gasteiger partial charge in [-0.2, -0.15) is 0 Å². The molecule has 160 valence electrons. The summed E-state index contributed by atoms with van der Waals surface area (Å²) in [5.74, 6) is 0. The van der Waals surface area contributed by atoms with E-state index >= 15 is 0 Å². The average Bonchev–Trinajstić information content (AvgIpc) is 2.86. The molecular formula is C32H27N. The van der Waals surface area contributed by atoms with Gasteiger partial charge in [0.1, 0.15) is 0 Å². The Balaban J connectivity index is 1.66. The van der Waals surface area contributed by atoms with Gasteiger partial charge in [0.15, 0.2) is 0 Å². The van der Waals surface area contributed by atoms with Crippen LogP contribution >= 0.6 is 0 Å². The summed E-state index contributed by atoms with van der Waals surface area (Å²) in [6.45, 7) is 4.26. The molecule has 0 aliphatic heterocycles. The summed E-state index contributed by atoms with van der Waals surface area (Å²) in [6.07, 6.45) is 0. The summed E-state index contributed by atoms with van der Waals surface area (Å²) in [5, 5.41) is 3.56. The second-order valence-corrected chi connectivity index (χ2v) is 8.53. The van der Waals surface area contributed by atoms with E-state index in [1.165, 1.54) is 44.5 Å². The number of benzene rings is 5. The number of hydrogen-bond acceptors (Lipinski definition) is 1. The molecular weight excluding hydrogens is 398 g/mol. The molecule has 0 saturated carbocycles. The van der Waals surface area contributed by atoms with Crippen LogP contribution in [0.1, 0.15) is 11.1 Å². The van der Waals surface area contributed by atoms with Crippen LogP contribution < -0.4 is 5.32 Å². The van der Waals surface area contributed by atoms with Crippen LogP contribution in [-0.2, 0) is 0 Å². The summed E-state index contributed by atoms with van der Waals surface area (Å²) in [7, 11) is 0. The summed E-state index contributed by atoms with van der Waals surface area (Å²) < 4.78 is 0. The maximum Gasteiger partial charge on any atom is 0.0390 e. The second-order valence-electron chi connectivity index (χ2n) is 8.53. The fraction of sp³-hybridized carbons (Fsp3) is 0.0625. The van der Waals surface area contributed by atoms with Crippen LogP contribution in [-0.4, -0.2) is 0 Å². The van der Waals surface area contributed by atoms with Gasteiger partial charge in [0, 0.05) is 11.4 Å². The summed E-state index contributed by atoms with van der Waals surface area (Å²) in [4.78, 5) is 0. The second kappa shape index (κ2) is 9.18. The van der Waals surface area contributed by atoms with Gasteiger partial charge in [-0.15, -0.1) is 0 Å². The summed E-state index contributed by atoms with van der Waals surface area (Å²) in [5.41, 5.74) is 12.1. The molecule has 0 unspecified atom stereocenters. The van der Waals surface area contributed by atoms with Crippen LogP contribution in [0, 0.1) is 13.8 Å². The van der Waals surface area contributed by atoms with Crippen molar-refractivity contribution in [2.75, 3.05) is 5.32 Å². The van der Waals surface area contributed by atoms with E-state index in [0.717, 1.165) is 11.4 Å². The Morgan fingerprint density at radius 2 is 0.909 bits per heavy atom. The van der Waals surface area contributed by atoms with Gasteiger partial charge in [0.05, 0.1) is 0 Å². The first kappa shape index (κ1) is 20.8. The smallest absolute Gasteiger partial charge is 0.0390 e. The molecule has 0 aliphatic carbocycles. The first-order valence-electron chi connectivity index (χ1n) is 11.4. The molecule has 0 radical (unpaired) electrons. The molecule has 0 saturated heterocycles. The number of anilines is 2. The molecule has 5 rings (SSSR count). The first-order valence-corrected chi connectivity index (χ1v) is 11.4. The van der Waals surface area contributed by atoms with E-state index in [9.17, 15) is 0 Å². The molecule has 33 heavy (non-hydrogen) atoms. The third kappa shape index (κ3) is 4.58. The number of para-hydroxylation sites is 1. The number of aryl methyl sites for hydroxylation is 2. The minimum Gasteiger partial charge on any atom is -0.356 e. The lowest BCUT2D eigenvalue weighted by Gasteiger charge is -2.17. The molecule has 5 aromatic rings. The van der Waals surface area contributed by atoms with Crippen molar-refractivity contribution in [3.05, 3.63) is 132 Å². The van der Waals surface area contributed by atoms with Gasteiger partial charge in [0.25, 0.3) is 0 Å². The highest BCUT2D eigenvalue weighted by Gasteiger charge is 2.13. The van der Waals surface area contributed by atoms with Crippen molar-refractivity contribution in [3.63, 3.8) is 0 Å². The van der Waals surface area contributed by atoms with Gasteiger partial charge >= 0.3 is 0 Å². The fourth-order valence-corrected chi connectivity index (χ4v) is 4.22. The highest BCUT2D eigenvalue weighted by atomic mass is 14.9. The molecule has 0 atom stereocenters. The van der Waals surface area contributed by atoms with Gasteiger partial charge in [-0.3, -0.25) is 0 Å². The Morgan fingerprint density at radius 1 is 0.394 bits per heavy atom. The zero-order valence-electron chi connectivity index (χ0n) is 19.0. The SMILES string of the molecule is Cc1ccc(-c2ccccc2-c2ccc(Nc3ccccc3)cc2-c2ccc(C)cc2)cc1. The largest absolute Gasteiger partial charge is 0.356 e. The van der Waals surface area contributed by atoms with Crippen molar-refractivity contribution in [3.8, 4) is 33.4 Å². The van der Waals surface area contributed by atoms with E-state index in [2.05, 4.69) is 134 Å². The van der Waals surface area contributed by atoms with E-state index in [1.807, 2.05) is 6.07 Å². The minimum atomic E-state index is 1.08. The van der Waals surface area contributed by atoms with Crippen molar-refractivity contribution in [1.29, 1.82) is 0 Å². The Bertz CT molecular complexity index is 1360. The molecule has 0 spiro atoms. The van der Waals surface area contributed by atoms with Gasteiger partial charge in [-0.05, 0) is 71.5 Å². The average molecular weight is 426 g/mol. The summed E-state index contributed by atoms with van der Waals surface area (Å²) in [6, 6.07) is 43.3. The Labute approximate surface area is 196 Å². The van der Waals surface area contributed by atoms with E-state index in [1.54, 1.807) is 0 Å². The quantitative estimate of drug-likeness (QED) is 0.296. The van der Waals surface area contributed by atoms with Gasteiger partial charge in [-0.1, -0.05) is 108 Å². The molecule has 0 amide bonds. The van der Waals surface area contributed by atoms with Crippen LogP contribution in [0.15, 0.2) is 121 Å². The van der Waals surface area contributed by atoms with Crippen LogP contribution in [0.2, 0.25) is 0 Å². The highest BCUT2D eigenvalue weighted by Crippen LogP contribution is 2.40. The maximum atomic E-state index is 3.56.